The number of hydrogen-bond donors (Lipinski definition) is 0. The van der Waals surface area contributed by atoms with Crippen molar-refractivity contribution in [3.8, 4) is 11.6 Å². The first kappa shape index (κ1) is 13.2. The molecule has 0 radical (unpaired) electrons. The second-order valence-electron chi connectivity index (χ2n) is 3.37. The van der Waals surface area contributed by atoms with Crippen molar-refractivity contribution in [1.82, 2.24) is 15.0 Å². The van der Waals surface area contributed by atoms with Crippen molar-refractivity contribution in [3.05, 3.63) is 35.8 Å². The Labute approximate surface area is 103 Å². The van der Waals surface area contributed by atoms with Crippen molar-refractivity contribution in [3.63, 3.8) is 0 Å². The molecule has 2 rings (SSSR count). The molecule has 2 aromatic rings. The Hall–Kier alpha value is -2.19. The Kier molecular flexibility index (Phi) is 3.63. The largest absolute Gasteiger partial charge is 0.415 e. The standard InChI is InChI=1S/C10H6F5N3O/c11-7-2-1-5(3-6(7)9(12)13)18-8(4-16-17-18)19-10(14)15/h1-4,9-10H. The van der Waals surface area contributed by atoms with E-state index in [1.165, 1.54) is 0 Å². The summed E-state index contributed by atoms with van der Waals surface area (Å²) in [7, 11) is 0. The maximum absolute atomic E-state index is 13.1. The van der Waals surface area contributed by atoms with Gasteiger partial charge in [0, 0.05) is 0 Å². The Morgan fingerprint density at radius 1 is 1.16 bits per heavy atom. The average molecular weight is 279 g/mol. The van der Waals surface area contributed by atoms with Gasteiger partial charge in [-0.1, -0.05) is 5.21 Å². The molecule has 0 spiro atoms. The van der Waals surface area contributed by atoms with E-state index in [0.29, 0.717) is 0 Å². The van der Waals surface area contributed by atoms with Gasteiger partial charge >= 0.3 is 6.61 Å². The van der Waals surface area contributed by atoms with Gasteiger partial charge in [-0.15, -0.1) is 5.10 Å². The second-order valence-corrected chi connectivity index (χ2v) is 3.37. The van der Waals surface area contributed by atoms with Gasteiger partial charge in [-0.3, -0.25) is 0 Å². The number of halogens is 5. The van der Waals surface area contributed by atoms with Gasteiger partial charge in [0.2, 0.25) is 5.88 Å². The third-order valence-electron chi connectivity index (χ3n) is 2.19. The average Bonchev–Trinajstić information content (AvgIpc) is 2.76. The predicted octanol–water partition coefficient (Wildman–Crippen LogP) is 2.95. The van der Waals surface area contributed by atoms with Crippen LogP contribution in [0.4, 0.5) is 22.0 Å². The Bertz CT molecular complexity index is 572. The number of ether oxygens (including phenoxy) is 1. The van der Waals surface area contributed by atoms with E-state index < -0.39 is 30.3 Å². The molecule has 0 unspecified atom stereocenters. The number of alkyl halides is 4. The molecule has 102 valence electrons. The predicted molar refractivity (Wildman–Crippen MR) is 52.9 cm³/mol. The summed E-state index contributed by atoms with van der Waals surface area (Å²) in [6.07, 6.45) is -2.15. The summed E-state index contributed by atoms with van der Waals surface area (Å²) in [6, 6.07) is 2.66. The smallest absolute Gasteiger partial charge is 0.388 e. The third-order valence-corrected chi connectivity index (χ3v) is 2.19. The zero-order chi connectivity index (χ0) is 14.0. The molecule has 0 N–H and O–H groups in total. The van der Waals surface area contributed by atoms with Crippen molar-refractivity contribution in [1.29, 1.82) is 0 Å². The van der Waals surface area contributed by atoms with Crippen LogP contribution in [0.2, 0.25) is 0 Å². The van der Waals surface area contributed by atoms with E-state index in [2.05, 4.69) is 15.0 Å². The van der Waals surface area contributed by atoms with Gasteiger partial charge in [0.15, 0.2) is 0 Å². The zero-order valence-corrected chi connectivity index (χ0v) is 9.10. The van der Waals surface area contributed by atoms with Crippen LogP contribution in [-0.2, 0) is 0 Å². The monoisotopic (exact) mass is 279 g/mol. The minimum Gasteiger partial charge on any atom is -0.415 e. The molecular formula is C10H6F5N3O. The van der Waals surface area contributed by atoms with Gasteiger partial charge in [0.1, 0.15) is 12.0 Å². The summed E-state index contributed by atoms with van der Waals surface area (Å²) >= 11 is 0. The van der Waals surface area contributed by atoms with Crippen molar-refractivity contribution in [2.75, 3.05) is 0 Å². The summed E-state index contributed by atoms with van der Waals surface area (Å²) in [5, 5.41) is 6.73. The molecule has 0 saturated heterocycles. The molecule has 0 bridgehead atoms. The van der Waals surface area contributed by atoms with Crippen molar-refractivity contribution < 1.29 is 26.7 Å². The molecule has 0 aliphatic carbocycles. The SMILES string of the molecule is Fc1ccc(-n2nncc2OC(F)F)cc1C(F)F. The molecule has 4 nitrogen and oxygen atoms in total. The van der Waals surface area contributed by atoms with Gasteiger partial charge in [-0.05, 0) is 18.2 Å². The van der Waals surface area contributed by atoms with Crippen LogP contribution in [0.5, 0.6) is 5.88 Å². The lowest BCUT2D eigenvalue weighted by atomic mass is 10.2. The van der Waals surface area contributed by atoms with Gasteiger partial charge in [0.25, 0.3) is 6.43 Å². The summed E-state index contributed by atoms with van der Waals surface area (Å²) in [4.78, 5) is 0. The first-order chi connectivity index (χ1) is 8.99. The van der Waals surface area contributed by atoms with Crippen molar-refractivity contribution in [2.45, 2.75) is 13.0 Å². The van der Waals surface area contributed by atoms with Crippen molar-refractivity contribution >= 4 is 0 Å². The maximum atomic E-state index is 13.1. The van der Waals surface area contributed by atoms with Crippen LogP contribution < -0.4 is 4.74 Å². The highest BCUT2D eigenvalue weighted by Gasteiger charge is 2.17. The molecule has 0 amide bonds. The van der Waals surface area contributed by atoms with Crippen LogP contribution in [-0.4, -0.2) is 21.6 Å². The lowest BCUT2D eigenvalue weighted by Crippen LogP contribution is -2.08. The normalized spacial score (nSPS) is 11.3. The first-order valence-electron chi connectivity index (χ1n) is 4.92. The second kappa shape index (κ2) is 5.21. The molecule has 9 heteroatoms. The maximum Gasteiger partial charge on any atom is 0.388 e. The highest BCUT2D eigenvalue weighted by Crippen LogP contribution is 2.26. The number of aromatic nitrogens is 3. The number of hydrogen-bond acceptors (Lipinski definition) is 3. The van der Waals surface area contributed by atoms with Crippen LogP contribution in [0, 0.1) is 5.82 Å². The van der Waals surface area contributed by atoms with Crippen LogP contribution in [0.25, 0.3) is 5.69 Å². The van der Waals surface area contributed by atoms with E-state index >= 15 is 0 Å². The fourth-order valence-electron chi connectivity index (χ4n) is 1.41. The summed E-state index contributed by atoms with van der Waals surface area (Å²) in [6.45, 7) is -3.12. The van der Waals surface area contributed by atoms with Crippen LogP contribution >= 0.6 is 0 Å². The molecule has 1 heterocycles. The molecule has 0 aliphatic rings. The highest BCUT2D eigenvalue weighted by atomic mass is 19.3. The summed E-state index contributed by atoms with van der Waals surface area (Å²) in [5.74, 6) is -1.54. The van der Waals surface area contributed by atoms with E-state index in [1.807, 2.05) is 0 Å². The van der Waals surface area contributed by atoms with E-state index in [4.69, 9.17) is 0 Å². The zero-order valence-electron chi connectivity index (χ0n) is 9.10. The van der Waals surface area contributed by atoms with Crippen molar-refractivity contribution in [2.24, 2.45) is 0 Å². The van der Waals surface area contributed by atoms with Gasteiger partial charge in [0.05, 0.1) is 11.3 Å². The Morgan fingerprint density at radius 2 is 1.89 bits per heavy atom. The Morgan fingerprint density at radius 3 is 2.53 bits per heavy atom. The lowest BCUT2D eigenvalue weighted by molar-refractivity contribution is -0.0544. The fraction of sp³-hybridized carbons (Fsp3) is 0.200. The third kappa shape index (κ3) is 2.80. The van der Waals surface area contributed by atoms with Crippen LogP contribution in [0.1, 0.15) is 12.0 Å². The molecule has 1 aromatic carbocycles. The molecule has 0 fully saturated rings. The molecule has 19 heavy (non-hydrogen) atoms. The number of benzene rings is 1. The van der Waals surface area contributed by atoms with Gasteiger partial charge in [-0.25, -0.2) is 13.2 Å². The topological polar surface area (TPSA) is 39.9 Å². The molecular weight excluding hydrogens is 273 g/mol. The van der Waals surface area contributed by atoms with E-state index in [0.717, 1.165) is 29.1 Å². The highest BCUT2D eigenvalue weighted by molar-refractivity contribution is 5.38. The number of rotatable bonds is 4. The fourth-order valence-corrected chi connectivity index (χ4v) is 1.41. The first-order valence-corrected chi connectivity index (χ1v) is 4.92. The van der Waals surface area contributed by atoms with E-state index in [9.17, 15) is 22.0 Å². The summed E-state index contributed by atoms with van der Waals surface area (Å²) < 4.78 is 67.2. The van der Waals surface area contributed by atoms with Crippen LogP contribution in [0.3, 0.4) is 0 Å². The lowest BCUT2D eigenvalue weighted by Gasteiger charge is -2.09. The molecule has 0 atom stereocenters. The minimum atomic E-state index is -3.12. The van der Waals surface area contributed by atoms with Gasteiger partial charge in [-0.2, -0.15) is 13.5 Å². The van der Waals surface area contributed by atoms with Crippen LogP contribution in [0.15, 0.2) is 24.4 Å². The Balaban J connectivity index is 2.42. The minimum absolute atomic E-state index is 0.0650. The molecule has 0 saturated carbocycles. The van der Waals surface area contributed by atoms with Gasteiger partial charge < -0.3 is 4.74 Å². The quantitative estimate of drug-likeness (QED) is 0.808. The summed E-state index contributed by atoms with van der Waals surface area (Å²) in [5.41, 5.74) is -0.930. The number of nitrogens with zero attached hydrogens (tertiary/aromatic N) is 3. The molecule has 1 aromatic heterocycles. The van der Waals surface area contributed by atoms with E-state index in [1.54, 1.807) is 0 Å². The molecule has 0 aliphatic heterocycles. The van der Waals surface area contributed by atoms with E-state index in [-0.39, 0.29) is 5.69 Å².